The molecule has 0 radical (unpaired) electrons. The Morgan fingerprint density at radius 3 is 2.78 bits per heavy atom. The topological polar surface area (TPSA) is 99.5 Å². The Morgan fingerprint density at radius 2 is 2.11 bits per heavy atom. The number of alkyl halides is 3. The van der Waals surface area contributed by atoms with Gasteiger partial charge in [0.25, 0.3) is 5.91 Å². The van der Waals surface area contributed by atoms with Gasteiger partial charge < -0.3 is 15.0 Å². The Bertz CT molecular complexity index is 773. The van der Waals surface area contributed by atoms with Crippen LogP contribution in [0.2, 0.25) is 0 Å². The number of rotatable bonds is 6. The molecule has 1 fully saturated rings. The molecule has 0 spiro atoms. The average molecular weight is 383 g/mol. The van der Waals surface area contributed by atoms with Gasteiger partial charge in [-0.2, -0.15) is 18.4 Å². The standard InChI is InChI=1S/C17H16F3N3O4/c18-17(19,20)12-3-1-4-13(8-12)23-9-11(7-15(23)25)16(26)27-10-14(24)22-6-2-5-21/h1,3-4,8,11H,2,6-7,9-10H2,(H,22,24)/t11-/m1/s1. The summed E-state index contributed by atoms with van der Waals surface area (Å²) in [5, 5.41) is 10.7. The molecule has 0 aromatic heterocycles. The Balaban J connectivity index is 1.94. The van der Waals surface area contributed by atoms with Gasteiger partial charge in [0.1, 0.15) is 0 Å². The molecule has 1 aliphatic rings. The largest absolute Gasteiger partial charge is 0.455 e. The maximum Gasteiger partial charge on any atom is 0.416 e. The van der Waals surface area contributed by atoms with Crippen molar-refractivity contribution in [2.24, 2.45) is 5.92 Å². The molecule has 144 valence electrons. The third-order valence-electron chi connectivity index (χ3n) is 3.85. The summed E-state index contributed by atoms with van der Waals surface area (Å²) in [6.45, 7) is -0.564. The van der Waals surface area contributed by atoms with E-state index in [1.807, 2.05) is 6.07 Å². The highest BCUT2D eigenvalue weighted by molar-refractivity contribution is 5.99. The van der Waals surface area contributed by atoms with Crippen molar-refractivity contribution in [2.75, 3.05) is 24.6 Å². The summed E-state index contributed by atoms with van der Waals surface area (Å²) in [7, 11) is 0. The minimum Gasteiger partial charge on any atom is -0.455 e. The van der Waals surface area contributed by atoms with Crippen LogP contribution in [0.4, 0.5) is 18.9 Å². The first-order chi connectivity index (χ1) is 12.7. The van der Waals surface area contributed by atoms with Crippen molar-refractivity contribution < 1.29 is 32.3 Å². The van der Waals surface area contributed by atoms with Gasteiger partial charge >= 0.3 is 12.1 Å². The van der Waals surface area contributed by atoms with Crippen LogP contribution in [0.3, 0.4) is 0 Å². The lowest BCUT2D eigenvalue weighted by molar-refractivity contribution is -0.152. The zero-order valence-corrected chi connectivity index (χ0v) is 14.1. The van der Waals surface area contributed by atoms with Crippen molar-refractivity contribution in [2.45, 2.75) is 19.0 Å². The minimum absolute atomic E-state index is 0.0411. The number of benzene rings is 1. The molecule has 0 aliphatic carbocycles. The van der Waals surface area contributed by atoms with E-state index < -0.39 is 42.0 Å². The van der Waals surface area contributed by atoms with Crippen LogP contribution in [0.25, 0.3) is 0 Å². The molecule has 7 nitrogen and oxygen atoms in total. The highest BCUT2D eigenvalue weighted by Crippen LogP contribution is 2.33. The first kappa shape index (κ1) is 20.2. The van der Waals surface area contributed by atoms with Gasteiger partial charge in [-0.05, 0) is 18.2 Å². The van der Waals surface area contributed by atoms with E-state index >= 15 is 0 Å². The van der Waals surface area contributed by atoms with E-state index in [0.29, 0.717) is 0 Å². The number of nitriles is 1. The molecule has 1 aromatic carbocycles. The maximum atomic E-state index is 12.8. The smallest absolute Gasteiger partial charge is 0.416 e. The Hall–Kier alpha value is -3.09. The number of carbonyl (C=O) groups excluding carboxylic acids is 3. The average Bonchev–Trinajstić information content (AvgIpc) is 3.01. The summed E-state index contributed by atoms with van der Waals surface area (Å²) < 4.78 is 43.3. The van der Waals surface area contributed by atoms with Gasteiger partial charge in [0.05, 0.1) is 24.0 Å². The van der Waals surface area contributed by atoms with E-state index in [4.69, 9.17) is 10.00 Å². The molecule has 1 atom stereocenters. The number of nitrogens with zero attached hydrogens (tertiary/aromatic N) is 2. The monoisotopic (exact) mass is 383 g/mol. The number of hydrogen-bond acceptors (Lipinski definition) is 5. The summed E-state index contributed by atoms with van der Waals surface area (Å²) >= 11 is 0. The van der Waals surface area contributed by atoms with Gasteiger partial charge in [-0.15, -0.1) is 0 Å². The van der Waals surface area contributed by atoms with Gasteiger partial charge in [-0.25, -0.2) is 0 Å². The van der Waals surface area contributed by atoms with Crippen molar-refractivity contribution in [1.82, 2.24) is 5.32 Å². The van der Waals surface area contributed by atoms with Gasteiger partial charge in [0.2, 0.25) is 5.91 Å². The van der Waals surface area contributed by atoms with Crippen LogP contribution in [-0.4, -0.2) is 37.5 Å². The molecule has 27 heavy (non-hydrogen) atoms. The number of hydrogen-bond donors (Lipinski definition) is 1. The van der Waals surface area contributed by atoms with Crippen molar-refractivity contribution in [3.05, 3.63) is 29.8 Å². The molecule has 0 unspecified atom stereocenters. The molecule has 1 saturated heterocycles. The molecule has 2 rings (SSSR count). The fourth-order valence-corrected chi connectivity index (χ4v) is 2.53. The third kappa shape index (κ3) is 5.44. The fraction of sp³-hybridized carbons (Fsp3) is 0.412. The van der Waals surface area contributed by atoms with E-state index in [1.165, 1.54) is 12.1 Å². The molecular formula is C17H16F3N3O4. The number of halogens is 3. The van der Waals surface area contributed by atoms with Crippen LogP contribution < -0.4 is 10.2 Å². The number of nitrogens with one attached hydrogen (secondary N) is 1. The van der Waals surface area contributed by atoms with Crippen molar-refractivity contribution >= 4 is 23.5 Å². The van der Waals surface area contributed by atoms with E-state index in [9.17, 15) is 27.6 Å². The molecule has 10 heteroatoms. The highest BCUT2D eigenvalue weighted by atomic mass is 19.4. The first-order valence-corrected chi connectivity index (χ1v) is 8.00. The van der Waals surface area contributed by atoms with E-state index in [-0.39, 0.29) is 31.6 Å². The lowest BCUT2D eigenvalue weighted by Gasteiger charge is -2.18. The van der Waals surface area contributed by atoms with Crippen molar-refractivity contribution in [3.8, 4) is 6.07 Å². The summed E-state index contributed by atoms with van der Waals surface area (Å²) in [5.74, 6) is -2.75. The van der Waals surface area contributed by atoms with Crippen molar-refractivity contribution in [1.29, 1.82) is 5.26 Å². The maximum absolute atomic E-state index is 12.8. The molecule has 0 saturated carbocycles. The molecular weight excluding hydrogens is 367 g/mol. The lowest BCUT2D eigenvalue weighted by atomic mass is 10.1. The number of carbonyl (C=O) groups is 3. The summed E-state index contributed by atoms with van der Waals surface area (Å²) in [6, 6.07) is 6.10. The molecule has 1 aliphatic heterocycles. The second-order valence-corrected chi connectivity index (χ2v) is 5.82. The lowest BCUT2D eigenvalue weighted by Crippen LogP contribution is -2.31. The molecule has 2 amide bonds. The summed E-state index contributed by atoms with van der Waals surface area (Å²) in [6.07, 6.45) is -4.65. The number of amides is 2. The van der Waals surface area contributed by atoms with Crippen LogP contribution in [0.1, 0.15) is 18.4 Å². The van der Waals surface area contributed by atoms with Crippen molar-refractivity contribution in [3.63, 3.8) is 0 Å². The SMILES string of the molecule is N#CCCNC(=O)COC(=O)[C@@H]1CC(=O)N(c2cccc(C(F)(F)F)c2)C1. The quantitative estimate of drug-likeness (QED) is 0.595. The normalized spacial score (nSPS) is 16.7. The highest BCUT2D eigenvalue weighted by Gasteiger charge is 2.37. The first-order valence-electron chi connectivity index (χ1n) is 8.00. The summed E-state index contributed by atoms with van der Waals surface area (Å²) in [5.41, 5.74) is -0.854. The van der Waals surface area contributed by atoms with E-state index in [0.717, 1.165) is 17.0 Å². The minimum atomic E-state index is -4.55. The predicted octanol–water partition coefficient (Wildman–Crippen LogP) is 1.63. The Labute approximate surface area is 152 Å². The van der Waals surface area contributed by atoms with Gasteiger partial charge in [-0.3, -0.25) is 14.4 Å². The number of esters is 1. The van der Waals surface area contributed by atoms with E-state index in [1.54, 1.807) is 0 Å². The second-order valence-electron chi connectivity index (χ2n) is 5.82. The second kappa shape index (κ2) is 8.53. The van der Waals surface area contributed by atoms with Gasteiger partial charge in [0, 0.05) is 25.2 Å². The molecule has 1 aromatic rings. The molecule has 0 bridgehead atoms. The Morgan fingerprint density at radius 1 is 1.37 bits per heavy atom. The zero-order chi connectivity index (χ0) is 20.0. The van der Waals surface area contributed by atoms with Crippen LogP contribution in [0.15, 0.2) is 24.3 Å². The summed E-state index contributed by atoms with van der Waals surface area (Å²) in [4.78, 5) is 36.6. The predicted molar refractivity (Wildman–Crippen MR) is 86.1 cm³/mol. The number of anilines is 1. The molecule has 1 N–H and O–H groups in total. The third-order valence-corrected chi connectivity index (χ3v) is 3.85. The number of ether oxygens (including phenoxy) is 1. The van der Waals surface area contributed by atoms with E-state index in [2.05, 4.69) is 5.32 Å². The van der Waals surface area contributed by atoms with Crippen LogP contribution in [-0.2, 0) is 25.3 Å². The van der Waals surface area contributed by atoms with Crippen LogP contribution >= 0.6 is 0 Å². The van der Waals surface area contributed by atoms with Gasteiger partial charge in [0.15, 0.2) is 6.61 Å². The van der Waals surface area contributed by atoms with Crippen LogP contribution in [0, 0.1) is 17.2 Å². The zero-order valence-electron chi connectivity index (χ0n) is 14.1. The van der Waals surface area contributed by atoms with Crippen LogP contribution in [0.5, 0.6) is 0 Å². The van der Waals surface area contributed by atoms with Gasteiger partial charge in [-0.1, -0.05) is 6.07 Å². The molecule has 1 heterocycles. The fourth-order valence-electron chi connectivity index (χ4n) is 2.53. The Kier molecular flexibility index (Phi) is 6.39.